The number of alkyl halides is 1. The van der Waals surface area contributed by atoms with E-state index < -0.39 is 0 Å². The minimum atomic E-state index is -0.163. The van der Waals surface area contributed by atoms with Crippen molar-refractivity contribution < 1.29 is 4.79 Å². The molecule has 2 aliphatic rings. The summed E-state index contributed by atoms with van der Waals surface area (Å²) in [5, 5.41) is 15.1. The van der Waals surface area contributed by atoms with Gasteiger partial charge in [-0.05, 0) is 79.6 Å². The third kappa shape index (κ3) is 6.63. The molecule has 1 fully saturated rings. The number of hydrogen-bond donors (Lipinski definition) is 2. The number of aryl methyl sites for hydroxylation is 3. The van der Waals surface area contributed by atoms with Gasteiger partial charge in [0, 0.05) is 55.6 Å². The number of nitrogens with one attached hydrogen (secondary N) is 2. The molecule has 4 aromatic rings. The smallest absolute Gasteiger partial charge is 0.274 e. The average molecular weight is 710 g/mol. The molecule has 1 aromatic carbocycles. The number of fused-ring (bicyclic) bond motifs is 1. The van der Waals surface area contributed by atoms with Crippen LogP contribution in [0.15, 0.2) is 53.5 Å². The summed E-state index contributed by atoms with van der Waals surface area (Å²) >= 11 is 4.02. The molecule has 0 saturated carbocycles. The molecular formula is C32H36IN7O2S. The van der Waals surface area contributed by atoms with Gasteiger partial charge in [0.25, 0.3) is 11.5 Å². The zero-order valence-electron chi connectivity index (χ0n) is 24.5. The highest BCUT2D eigenvalue weighted by Gasteiger charge is 2.19. The highest BCUT2D eigenvalue weighted by atomic mass is 127. The fraction of sp³-hybridized carbons (Fsp3) is 0.375. The lowest BCUT2D eigenvalue weighted by atomic mass is 10.00. The van der Waals surface area contributed by atoms with E-state index in [1.807, 2.05) is 49.5 Å². The molecule has 224 valence electrons. The number of carbonyl (C=O) groups excluding carboxylic acids is 1. The first kappa shape index (κ1) is 29.8. The maximum Gasteiger partial charge on any atom is 0.274 e. The second kappa shape index (κ2) is 13.1. The second-order valence-corrected chi connectivity index (χ2v) is 13.1. The summed E-state index contributed by atoms with van der Waals surface area (Å²) in [4.78, 5) is 33.1. The summed E-state index contributed by atoms with van der Waals surface area (Å²) in [6.07, 6.45) is 7.59. The van der Waals surface area contributed by atoms with E-state index in [9.17, 15) is 9.59 Å². The molecule has 1 saturated heterocycles. The zero-order valence-corrected chi connectivity index (χ0v) is 27.5. The Hall–Kier alpha value is -3.29. The van der Waals surface area contributed by atoms with Gasteiger partial charge in [0.05, 0.1) is 9.43 Å². The van der Waals surface area contributed by atoms with Gasteiger partial charge in [0.15, 0.2) is 11.6 Å². The summed E-state index contributed by atoms with van der Waals surface area (Å²) in [6.45, 7) is 5.85. The summed E-state index contributed by atoms with van der Waals surface area (Å²) in [7, 11) is 1.74. The van der Waals surface area contributed by atoms with Crippen LogP contribution in [-0.2, 0) is 19.9 Å². The minimum Gasteiger partial charge on any atom is -0.353 e. The van der Waals surface area contributed by atoms with Crippen molar-refractivity contribution in [3.8, 4) is 11.1 Å². The Morgan fingerprint density at radius 2 is 1.81 bits per heavy atom. The lowest BCUT2D eigenvalue weighted by Crippen LogP contribution is -2.46. The molecule has 9 nitrogen and oxygen atoms in total. The molecule has 0 bridgehead atoms. The van der Waals surface area contributed by atoms with Gasteiger partial charge >= 0.3 is 0 Å². The van der Waals surface area contributed by atoms with Crippen molar-refractivity contribution in [3.63, 3.8) is 0 Å². The molecule has 6 rings (SSSR count). The first-order valence-electron chi connectivity index (χ1n) is 14.8. The predicted octanol–water partition coefficient (Wildman–Crippen LogP) is 5.99. The lowest BCUT2D eigenvalue weighted by Gasteiger charge is -2.34. The van der Waals surface area contributed by atoms with E-state index in [0.29, 0.717) is 11.5 Å². The number of anilines is 4. The molecule has 2 N–H and O–H groups in total. The molecule has 4 heterocycles. The van der Waals surface area contributed by atoms with Crippen molar-refractivity contribution in [1.29, 1.82) is 0 Å². The van der Waals surface area contributed by atoms with E-state index >= 15 is 0 Å². The number of thiophene rings is 1. The predicted molar refractivity (Wildman–Crippen MR) is 183 cm³/mol. The van der Waals surface area contributed by atoms with Crippen LogP contribution in [0.2, 0.25) is 0 Å². The Kier molecular flexibility index (Phi) is 9.10. The number of hydrogen-bond acceptors (Lipinski definition) is 8. The molecular weight excluding hydrogens is 673 g/mol. The van der Waals surface area contributed by atoms with E-state index in [0.717, 1.165) is 76.6 Å². The summed E-state index contributed by atoms with van der Waals surface area (Å²) in [5.74, 6) is 1.28. The number of rotatable bonds is 7. The second-order valence-electron chi connectivity index (χ2n) is 11.2. The quantitative estimate of drug-likeness (QED) is 0.105. The van der Waals surface area contributed by atoms with Crippen molar-refractivity contribution in [2.24, 2.45) is 7.05 Å². The highest BCUT2D eigenvalue weighted by Crippen LogP contribution is 2.32. The van der Waals surface area contributed by atoms with Crippen LogP contribution >= 0.6 is 33.9 Å². The fourth-order valence-corrected chi connectivity index (χ4v) is 7.62. The average Bonchev–Trinajstić information content (AvgIpc) is 3.31. The van der Waals surface area contributed by atoms with E-state index in [2.05, 4.69) is 59.3 Å². The molecule has 0 radical (unpaired) electrons. The molecule has 3 aromatic heterocycles. The lowest BCUT2D eigenvalue weighted by molar-refractivity contribution is 0.103. The van der Waals surface area contributed by atoms with Gasteiger partial charge in [0.1, 0.15) is 5.69 Å². The number of benzene rings is 1. The van der Waals surface area contributed by atoms with E-state index in [4.69, 9.17) is 0 Å². The van der Waals surface area contributed by atoms with Gasteiger partial charge in [-0.2, -0.15) is 0 Å². The summed E-state index contributed by atoms with van der Waals surface area (Å²) in [6, 6.07) is 13.6. The molecule has 0 unspecified atom stereocenters. The van der Waals surface area contributed by atoms with Crippen LogP contribution in [0.3, 0.4) is 0 Å². The van der Waals surface area contributed by atoms with Crippen LogP contribution in [0, 0.1) is 6.92 Å². The van der Waals surface area contributed by atoms with Crippen molar-refractivity contribution in [2.45, 2.75) is 39.0 Å². The standard InChI is InChI=1S/C32H36IN7O2S/c1-21-24(8-6-9-25(21)35-31(41)28-18-22-7-4-3-5-10-27(22)43-28)23-17-26(32(42)38(2)19-23)34-29-11-12-30(37-36-29)40-15-13-39(20-33)14-16-40/h6,8-9,11-12,17-19H,3-5,7,10,13-16,20H2,1-2H3,(H,34,36)(H,35,41). The van der Waals surface area contributed by atoms with Crippen LogP contribution in [0.4, 0.5) is 23.0 Å². The van der Waals surface area contributed by atoms with Crippen LogP contribution in [0.1, 0.15) is 44.9 Å². The molecule has 1 aliphatic heterocycles. The maximum absolute atomic E-state index is 13.3. The molecule has 11 heteroatoms. The first-order chi connectivity index (χ1) is 20.9. The Morgan fingerprint density at radius 3 is 2.58 bits per heavy atom. The number of amides is 1. The number of aromatic nitrogens is 3. The molecule has 1 amide bonds. The van der Waals surface area contributed by atoms with Crippen molar-refractivity contribution >= 4 is 62.8 Å². The summed E-state index contributed by atoms with van der Waals surface area (Å²) in [5.41, 5.74) is 5.07. The van der Waals surface area contributed by atoms with Crippen LogP contribution in [0.5, 0.6) is 0 Å². The van der Waals surface area contributed by atoms with E-state index in [-0.39, 0.29) is 11.5 Å². The van der Waals surface area contributed by atoms with Crippen molar-refractivity contribution in [1.82, 2.24) is 19.7 Å². The van der Waals surface area contributed by atoms with Crippen LogP contribution < -0.4 is 21.1 Å². The maximum atomic E-state index is 13.3. The third-order valence-electron chi connectivity index (χ3n) is 8.33. The van der Waals surface area contributed by atoms with Gasteiger partial charge in [-0.1, -0.05) is 41.1 Å². The highest BCUT2D eigenvalue weighted by molar-refractivity contribution is 14.1. The van der Waals surface area contributed by atoms with Gasteiger partial charge in [-0.3, -0.25) is 14.5 Å². The number of carbonyl (C=O) groups is 1. The Bertz CT molecular complexity index is 1650. The van der Waals surface area contributed by atoms with Gasteiger partial charge < -0.3 is 20.1 Å². The van der Waals surface area contributed by atoms with Crippen molar-refractivity contribution in [2.75, 3.05) is 46.3 Å². The van der Waals surface area contributed by atoms with Crippen LogP contribution in [-0.4, -0.2) is 56.3 Å². The normalized spacial score (nSPS) is 15.6. The fourth-order valence-electron chi connectivity index (χ4n) is 5.79. The first-order valence-corrected chi connectivity index (χ1v) is 17.1. The largest absolute Gasteiger partial charge is 0.353 e. The third-order valence-corrected chi connectivity index (χ3v) is 10.5. The SMILES string of the molecule is Cc1c(NC(=O)c2cc3c(s2)CCCCC3)cccc1-c1cc(Nc2ccc(N3CCN(CI)CC3)nn2)c(=O)n(C)c1. The van der Waals surface area contributed by atoms with Gasteiger partial charge in [0.2, 0.25) is 0 Å². The van der Waals surface area contributed by atoms with Crippen molar-refractivity contribution in [3.05, 3.63) is 79.9 Å². The molecule has 0 atom stereocenters. The minimum absolute atomic E-state index is 0.0740. The van der Waals surface area contributed by atoms with E-state index in [1.165, 1.54) is 29.7 Å². The van der Waals surface area contributed by atoms with Gasteiger partial charge in [-0.15, -0.1) is 21.5 Å². The van der Waals surface area contributed by atoms with E-state index in [1.54, 1.807) is 23.0 Å². The molecule has 43 heavy (non-hydrogen) atoms. The Labute approximate surface area is 269 Å². The number of halogens is 1. The monoisotopic (exact) mass is 709 g/mol. The molecule has 0 spiro atoms. The Balaban J connectivity index is 1.20. The zero-order chi connectivity index (χ0) is 29.9. The van der Waals surface area contributed by atoms with Crippen LogP contribution in [0.25, 0.3) is 11.1 Å². The number of piperazine rings is 1. The molecule has 1 aliphatic carbocycles. The Morgan fingerprint density at radius 1 is 1.00 bits per heavy atom. The topological polar surface area (TPSA) is 95.4 Å². The number of pyridine rings is 1. The van der Waals surface area contributed by atoms with Gasteiger partial charge in [-0.25, -0.2) is 0 Å². The number of nitrogens with zero attached hydrogens (tertiary/aromatic N) is 5. The summed E-state index contributed by atoms with van der Waals surface area (Å²) < 4.78 is 2.60.